The minimum Gasteiger partial charge on any atom is -0.392 e. The SMILES string of the molecule is CC(C)n1ncnc1CC(O)C1(C)CCCCC1. The summed E-state index contributed by atoms with van der Waals surface area (Å²) in [4.78, 5) is 4.30. The van der Waals surface area contributed by atoms with Gasteiger partial charge in [0.1, 0.15) is 12.2 Å². The van der Waals surface area contributed by atoms with Gasteiger partial charge in [-0.3, -0.25) is 0 Å². The standard InChI is InChI=1S/C14H25N3O/c1-11(2)17-13(15-10-16-17)9-12(18)14(3)7-5-4-6-8-14/h10-12,18H,4-9H2,1-3H3. The summed E-state index contributed by atoms with van der Waals surface area (Å²) in [5.74, 6) is 0.907. The monoisotopic (exact) mass is 251 g/mol. The maximum atomic E-state index is 10.5. The molecule has 1 saturated carbocycles. The van der Waals surface area contributed by atoms with Crippen molar-refractivity contribution < 1.29 is 5.11 Å². The molecule has 1 aliphatic rings. The molecule has 1 atom stereocenters. The third kappa shape index (κ3) is 2.74. The molecular formula is C14H25N3O. The molecule has 1 heterocycles. The third-order valence-corrected chi connectivity index (χ3v) is 4.31. The molecule has 1 aromatic heterocycles. The van der Waals surface area contributed by atoms with Crippen molar-refractivity contribution in [3.63, 3.8) is 0 Å². The minimum atomic E-state index is -0.306. The molecule has 0 saturated heterocycles. The highest BCUT2D eigenvalue weighted by Gasteiger charge is 2.35. The molecule has 1 aromatic rings. The first-order valence-electron chi connectivity index (χ1n) is 7.09. The zero-order valence-corrected chi connectivity index (χ0v) is 11.8. The molecule has 0 amide bonds. The van der Waals surface area contributed by atoms with E-state index < -0.39 is 0 Å². The van der Waals surface area contributed by atoms with E-state index in [0.29, 0.717) is 12.5 Å². The molecule has 102 valence electrons. The van der Waals surface area contributed by atoms with E-state index in [9.17, 15) is 5.11 Å². The van der Waals surface area contributed by atoms with E-state index in [1.165, 1.54) is 19.3 Å². The van der Waals surface area contributed by atoms with Crippen molar-refractivity contribution in [1.29, 1.82) is 0 Å². The molecule has 1 unspecified atom stereocenters. The lowest BCUT2D eigenvalue weighted by atomic mass is 9.71. The first kappa shape index (κ1) is 13.5. The Hall–Kier alpha value is -0.900. The molecule has 0 radical (unpaired) electrons. The van der Waals surface area contributed by atoms with Crippen LogP contribution in [0.4, 0.5) is 0 Å². The molecule has 0 bridgehead atoms. The Labute approximate surface area is 109 Å². The van der Waals surface area contributed by atoms with Crippen molar-refractivity contribution in [2.45, 2.75) is 71.4 Å². The van der Waals surface area contributed by atoms with Gasteiger partial charge in [0.15, 0.2) is 0 Å². The van der Waals surface area contributed by atoms with Crippen molar-refractivity contribution in [3.05, 3.63) is 12.2 Å². The van der Waals surface area contributed by atoms with Crippen molar-refractivity contribution >= 4 is 0 Å². The summed E-state index contributed by atoms with van der Waals surface area (Å²) < 4.78 is 1.91. The maximum Gasteiger partial charge on any atom is 0.138 e. The van der Waals surface area contributed by atoms with Crippen molar-refractivity contribution in [2.75, 3.05) is 0 Å². The van der Waals surface area contributed by atoms with Crippen molar-refractivity contribution in [1.82, 2.24) is 14.8 Å². The Kier molecular flexibility index (Phi) is 4.05. The average Bonchev–Trinajstić information content (AvgIpc) is 2.78. The molecule has 0 aliphatic heterocycles. The highest BCUT2D eigenvalue weighted by Crippen LogP contribution is 2.39. The van der Waals surface area contributed by atoms with Gasteiger partial charge in [-0.15, -0.1) is 0 Å². The fourth-order valence-corrected chi connectivity index (χ4v) is 2.96. The maximum absolute atomic E-state index is 10.5. The summed E-state index contributed by atoms with van der Waals surface area (Å²) in [5.41, 5.74) is 0.0615. The largest absolute Gasteiger partial charge is 0.392 e. The summed E-state index contributed by atoms with van der Waals surface area (Å²) >= 11 is 0. The van der Waals surface area contributed by atoms with Crippen LogP contribution in [0.5, 0.6) is 0 Å². The van der Waals surface area contributed by atoms with Crippen LogP contribution in [0, 0.1) is 5.41 Å². The number of aliphatic hydroxyl groups excluding tert-OH is 1. The van der Waals surface area contributed by atoms with Crippen LogP contribution in [-0.4, -0.2) is 26.0 Å². The van der Waals surface area contributed by atoms with E-state index in [2.05, 4.69) is 30.9 Å². The van der Waals surface area contributed by atoms with Crippen LogP contribution in [0.2, 0.25) is 0 Å². The van der Waals surface area contributed by atoms with Gasteiger partial charge in [0.25, 0.3) is 0 Å². The number of aromatic nitrogens is 3. The molecule has 4 nitrogen and oxygen atoms in total. The molecule has 1 fully saturated rings. The second-order valence-electron chi connectivity index (χ2n) is 6.15. The van der Waals surface area contributed by atoms with E-state index in [1.807, 2.05) is 4.68 Å². The number of hydrogen-bond acceptors (Lipinski definition) is 3. The smallest absolute Gasteiger partial charge is 0.138 e. The van der Waals surface area contributed by atoms with Crippen LogP contribution >= 0.6 is 0 Å². The minimum absolute atomic E-state index is 0.0615. The lowest BCUT2D eigenvalue weighted by Crippen LogP contribution is -2.36. The molecule has 0 spiro atoms. The highest BCUT2D eigenvalue weighted by molar-refractivity contribution is 4.95. The van der Waals surface area contributed by atoms with Gasteiger partial charge >= 0.3 is 0 Å². The zero-order chi connectivity index (χ0) is 13.2. The first-order valence-corrected chi connectivity index (χ1v) is 7.09. The Morgan fingerprint density at radius 2 is 2.00 bits per heavy atom. The van der Waals surface area contributed by atoms with Crippen LogP contribution in [-0.2, 0) is 6.42 Å². The summed E-state index contributed by atoms with van der Waals surface area (Å²) in [6.45, 7) is 6.40. The van der Waals surface area contributed by atoms with Gasteiger partial charge in [0, 0.05) is 12.5 Å². The second-order valence-corrected chi connectivity index (χ2v) is 6.15. The van der Waals surface area contributed by atoms with Gasteiger partial charge in [0.05, 0.1) is 6.10 Å². The molecule has 0 aromatic carbocycles. The number of aliphatic hydroxyl groups is 1. The van der Waals surface area contributed by atoms with E-state index in [-0.39, 0.29) is 11.5 Å². The highest BCUT2D eigenvalue weighted by atomic mass is 16.3. The zero-order valence-electron chi connectivity index (χ0n) is 11.8. The number of nitrogens with zero attached hydrogens (tertiary/aromatic N) is 3. The Morgan fingerprint density at radius 1 is 1.33 bits per heavy atom. The van der Waals surface area contributed by atoms with Gasteiger partial charge in [-0.25, -0.2) is 9.67 Å². The summed E-state index contributed by atoms with van der Waals surface area (Å²) in [5, 5.41) is 14.8. The number of hydrogen-bond donors (Lipinski definition) is 1. The van der Waals surface area contributed by atoms with Crippen molar-refractivity contribution in [3.8, 4) is 0 Å². The Morgan fingerprint density at radius 3 is 2.61 bits per heavy atom. The summed E-state index contributed by atoms with van der Waals surface area (Å²) in [7, 11) is 0. The van der Waals surface area contributed by atoms with Crippen molar-refractivity contribution in [2.24, 2.45) is 5.41 Å². The molecule has 2 rings (SSSR count). The van der Waals surface area contributed by atoms with Crippen LogP contribution in [0.3, 0.4) is 0 Å². The van der Waals surface area contributed by atoms with Gasteiger partial charge < -0.3 is 5.11 Å². The van der Waals surface area contributed by atoms with Gasteiger partial charge in [-0.1, -0.05) is 26.2 Å². The lowest BCUT2D eigenvalue weighted by Gasteiger charge is -2.37. The van der Waals surface area contributed by atoms with Crippen LogP contribution < -0.4 is 0 Å². The van der Waals surface area contributed by atoms with Crippen LogP contribution in [0.1, 0.15) is 64.7 Å². The number of rotatable bonds is 4. The summed E-state index contributed by atoms with van der Waals surface area (Å²) in [6.07, 6.45) is 7.95. The molecule has 18 heavy (non-hydrogen) atoms. The van der Waals surface area contributed by atoms with E-state index >= 15 is 0 Å². The van der Waals surface area contributed by atoms with E-state index in [0.717, 1.165) is 18.7 Å². The van der Waals surface area contributed by atoms with Crippen LogP contribution in [0.25, 0.3) is 0 Å². The fourth-order valence-electron chi connectivity index (χ4n) is 2.96. The van der Waals surface area contributed by atoms with Crippen LogP contribution in [0.15, 0.2) is 6.33 Å². The van der Waals surface area contributed by atoms with E-state index in [1.54, 1.807) is 6.33 Å². The third-order valence-electron chi connectivity index (χ3n) is 4.31. The topological polar surface area (TPSA) is 50.9 Å². The quantitative estimate of drug-likeness (QED) is 0.895. The normalized spacial score (nSPS) is 21.2. The Balaban J connectivity index is 2.06. The second kappa shape index (κ2) is 5.39. The lowest BCUT2D eigenvalue weighted by molar-refractivity contribution is 0.00830. The molecule has 1 aliphatic carbocycles. The molecular weight excluding hydrogens is 226 g/mol. The predicted octanol–water partition coefficient (Wildman–Crippen LogP) is 2.73. The first-order chi connectivity index (χ1) is 8.53. The fraction of sp³-hybridized carbons (Fsp3) is 0.857. The molecule has 1 N–H and O–H groups in total. The van der Waals surface area contributed by atoms with Gasteiger partial charge in [-0.05, 0) is 32.1 Å². The summed E-state index contributed by atoms with van der Waals surface area (Å²) in [6, 6.07) is 0.300. The Bertz CT molecular complexity index is 380. The predicted molar refractivity (Wildman–Crippen MR) is 71.3 cm³/mol. The average molecular weight is 251 g/mol. The molecule has 4 heteroatoms. The van der Waals surface area contributed by atoms with Gasteiger partial charge in [0.2, 0.25) is 0 Å². The van der Waals surface area contributed by atoms with E-state index in [4.69, 9.17) is 0 Å². The van der Waals surface area contributed by atoms with Gasteiger partial charge in [-0.2, -0.15) is 5.10 Å².